The van der Waals surface area contributed by atoms with Gasteiger partial charge in [-0.3, -0.25) is 0 Å². The molecule has 3 heterocycles. The number of para-hydroxylation sites is 1. The smallest absolute Gasteiger partial charge is 0.358 e. The van der Waals surface area contributed by atoms with Crippen molar-refractivity contribution < 1.29 is 13.9 Å². The van der Waals surface area contributed by atoms with E-state index in [-0.39, 0.29) is 12.3 Å². The second kappa shape index (κ2) is 6.65. The van der Waals surface area contributed by atoms with E-state index in [0.29, 0.717) is 16.6 Å². The molecule has 0 aliphatic heterocycles. The van der Waals surface area contributed by atoms with Crippen LogP contribution in [-0.4, -0.2) is 31.2 Å². The molecule has 124 valence electrons. The zero-order chi connectivity index (χ0) is 17.1. The van der Waals surface area contributed by atoms with Gasteiger partial charge in [-0.05, 0) is 34.7 Å². The number of tetrazole rings is 1. The van der Waals surface area contributed by atoms with E-state index in [1.165, 1.54) is 16.0 Å². The first-order chi connectivity index (χ1) is 12.3. The first kappa shape index (κ1) is 15.2. The molecule has 8 nitrogen and oxygen atoms in total. The zero-order valence-electron chi connectivity index (χ0n) is 12.8. The molecule has 4 aromatic rings. The van der Waals surface area contributed by atoms with Crippen LogP contribution in [-0.2, 0) is 11.3 Å². The quantitative estimate of drug-likeness (QED) is 0.509. The summed E-state index contributed by atoms with van der Waals surface area (Å²) in [4.78, 5) is 16.4. The number of benzene rings is 1. The number of rotatable bonds is 5. The minimum Gasteiger partial charge on any atom is -0.462 e. The van der Waals surface area contributed by atoms with E-state index in [1.54, 1.807) is 23.8 Å². The van der Waals surface area contributed by atoms with E-state index < -0.39 is 5.97 Å². The van der Waals surface area contributed by atoms with E-state index in [1.807, 2.05) is 30.3 Å². The Kier molecular flexibility index (Phi) is 4.05. The highest BCUT2D eigenvalue weighted by atomic mass is 32.1. The van der Waals surface area contributed by atoms with Crippen LogP contribution in [0, 0.1) is 0 Å². The van der Waals surface area contributed by atoms with Crippen molar-refractivity contribution in [2.75, 3.05) is 0 Å². The summed E-state index contributed by atoms with van der Waals surface area (Å²) in [5, 5.41) is 13.7. The fourth-order valence-corrected chi connectivity index (χ4v) is 2.91. The minimum absolute atomic E-state index is 0.0612. The van der Waals surface area contributed by atoms with Gasteiger partial charge in [0.15, 0.2) is 28.9 Å². The van der Waals surface area contributed by atoms with Crippen molar-refractivity contribution in [2.24, 2.45) is 0 Å². The molecule has 25 heavy (non-hydrogen) atoms. The van der Waals surface area contributed by atoms with Gasteiger partial charge in [0.2, 0.25) is 0 Å². The Hall–Kier alpha value is -3.33. The molecule has 0 radical (unpaired) electrons. The van der Waals surface area contributed by atoms with Gasteiger partial charge in [-0.2, -0.15) is 4.68 Å². The topological polar surface area (TPSA) is 95.9 Å². The van der Waals surface area contributed by atoms with E-state index in [9.17, 15) is 4.79 Å². The highest BCUT2D eigenvalue weighted by Gasteiger charge is 2.16. The number of carbonyl (C=O) groups is 1. The molecule has 0 fully saturated rings. The third-order valence-corrected chi connectivity index (χ3v) is 4.17. The predicted octanol–water partition coefficient (Wildman–Crippen LogP) is 2.74. The number of ether oxygens (including phenoxy) is 1. The second-order valence-corrected chi connectivity index (χ2v) is 5.79. The Labute approximate surface area is 145 Å². The van der Waals surface area contributed by atoms with Crippen LogP contribution in [0.2, 0.25) is 0 Å². The average Bonchev–Trinajstić information content (AvgIpc) is 3.41. The van der Waals surface area contributed by atoms with Gasteiger partial charge in [0.25, 0.3) is 0 Å². The number of carbonyl (C=O) groups excluding carboxylic acids is 1. The molecule has 4 rings (SSSR count). The summed E-state index contributed by atoms with van der Waals surface area (Å²) in [7, 11) is 0. The van der Waals surface area contributed by atoms with Gasteiger partial charge in [0, 0.05) is 5.38 Å². The molecule has 0 bridgehead atoms. The highest BCUT2D eigenvalue weighted by molar-refractivity contribution is 7.13. The first-order valence-corrected chi connectivity index (χ1v) is 8.18. The summed E-state index contributed by atoms with van der Waals surface area (Å²) in [6.45, 7) is -0.0612. The molecule has 0 aliphatic rings. The summed E-state index contributed by atoms with van der Waals surface area (Å²) < 4.78 is 12.1. The molecule has 0 N–H and O–H groups in total. The van der Waals surface area contributed by atoms with Crippen LogP contribution in [0.15, 0.2) is 58.5 Å². The molecular weight excluding hydrogens is 342 g/mol. The number of hydrogen-bond donors (Lipinski definition) is 0. The fraction of sp³-hybridized carbons (Fsp3) is 0.0625. The van der Waals surface area contributed by atoms with Crippen LogP contribution >= 0.6 is 11.3 Å². The number of nitrogens with zero attached hydrogens (tertiary/aromatic N) is 5. The number of aromatic nitrogens is 5. The molecule has 0 aliphatic carbocycles. The van der Waals surface area contributed by atoms with E-state index in [4.69, 9.17) is 9.15 Å². The standard InChI is InChI=1S/C16H11N5O3S/c22-16(12-10-25-15(17-12)13-7-4-8-23-13)24-9-14-18-19-20-21(14)11-5-2-1-3-6-11/h1-8,10H,9H2. The molecule has 0 atom stereocenters. The van der Waals surface area contributed by atoms with E-state index in [2.05, 4.69) is 20.5 Å². The van der Waals surface area contributed by atoms with Crippen LogP contribution in [0.4, 0.5) is 0 Å². The van der Waals surface area contributed by atoms with Crippen LogP contribution in [0.3, 0.4) is 0 Å². The van der Waals surface area contributed by atoms with E-state index in [0.717, 1.165) is 5.69 Å². The third-order valence-electron chi connectivity index (χ3n) is 3.31. The Morgan fingerprint density at radius 2 is 2.08 bits per heavy atom. The van der Waals surface area contributed by atoms with Crippen LogP contribution in [0.5, 0.6) is 0 Å². The maximum Gasteiger partial charge on any atom is 0.358 e. The zero-order valence-corrected chi connectivity index (χ0v) is 13.6. The molecule has 0 amide bonds. The molecule has 0 saturated carbocycles. The van der Waals surface area contributed by atoms with Crippen molar-refractivity contribution in [3.05, 3.63) is 65.6 Å². The molecular formula is C16H11N5O3S. The Morgan fingerprint density at radius 1 is 1.20 bits per heavy atom. The van der Waals surface area contributed by atoms with Crippen molar-refractivity contribution >= 4 is 17.3 Å². The lowest BCUT2D eigenvalue weighted by Crippen LogP contribution is -2.10. The van der Waals surface area contributed by atoms with Crippen molar-refractivity contribution in [1.82, 2.24) is 25.2 Å². The third kappa shape index (κ3) is 3.17. The van der Waals surface area contributed by atoms with Crippen LogP contribution in [0.1, 0.15) is 16.3 Å². The van der Waals surface area contributed by atoms with Crippen molar-refractivity contribution in [3.63, 3.8) is 0 Å². The monoisotopic (exact) mass is 353 g/mol. The van der Waals surface area contributed by atoms with Crippen LogP contribution in [0.25, 0.3) is 16.5 Å². The number of furan rings is 1. The second-order valence-electron chi connectivity index (χ2n) is 4.93. The van der Waals surface area contributed by atoms with Crippen molar-refractivity contribution in [1.29, 1.82) is 0 Å². The maximum atomic E-state index is 12.2. The Bertz CT molecular complexity index is 978. The minimum atomic E-state index is -0.545. The number of thiazole rings is 1. The lowest BCUT2D eigenvalue weighted by molar-refractivity contribution is 0.0453. The lowest BCUT2D eigenvalue weighted by atomic mass is 10.3. The summed E-state index contributed by atoms with van der Waals surface area (Å²) in [6, 6.07) is 12.9. The van der Waals surface area contributed by atoms with Gasteiger partial charge in [-0.1, -0.05) is 18.2 Å². The van der Waals surface area contributed by atoms with Gasteiger partial charge in [-0.15, -0.1) is 16.4 Å². The average molecular weight is 353 g/mol. The molecule has 0 unspecified atom stereocenters. The molecule has 9 heteroatoms. The Morgan fingerprint density at radius 3 is 2.88 bits per heavy atom. The largest absolute Gasteiger partial charge is 0.462 e. The maximum absolute atomic E-state index is 12.2. The number of esters is 1. The van der Waals surface area contributed by atoms with Gasteiger partial charge in [0.1, 0.15) is 0 Å². The van der Waals surface area contributed by atoms with Gasteiger partial charge < -0.3 is 9.15 Å². The predicted molar refractivity (Wildman–Crippen MR) is 88.1 cm³/mol. The molecule has 0 saturated heterocycles. The fourth-order valence-electron chi connectivity index (χ4n) is 2.15. The van der Waals surface area contributed by atoms with Crippen LogP contribution < -0.4 is 0 Å². The summed E-state index contributed by atoms with van der Waals surface area (Å²) in [6.07, 6.45) is 1.55. The van der Waals surface area contributed by atoms with Crippen molar-refractivity contribution in [2.45, 2.75) is 6.61 Å². The lowest BCUT2D eigenvalue weighted by Gasteiger charge is -2.04. The first-order valence-electron chi connectivity index (χ1n) is 7.30. The summed E-state index contributed by atoms with van der Waals surface area (Å²) >= 11 is 1.31. The molecule has 3 aromatic heterocycles. The SMILES string of the molecule is O=C(OCc1nnnn1-c1ccccc1)c1csc(-c2ccco2)n1. The van der Waals surface area contributed by atoms with Crippen molar-refractivity contribution in [3.8, 4) is 16.5 Å². The highest BCUT2D eigenvalue weighted by Crippen LogP contribution is 2.24. The number of hydrogen-bond acceptors (Lipinski definition) is 8. The normalized spacial score (nSPS) is 10.7. The summed E-state index contributed by atoms with van der Waals surface area (Å²) in [5.74, 6) is 0.481. The van der Waals surface area contributed by atoms with Gasteiger partial charge in [-0.25, -0.2) is 9.78 Å². The van der Waals surface area contributed by atoms with Gasteiger partial charge >= 0.3 is 5.97 Å². The Balaban J connectivity index is 1.46. The molecule has 0 spiro atoms. The molecule has 1 aromatic carbocycles. The van der Waals surface area contributed by atoms with Gasteiger partial charge in [0.05, 0.1) is 12.0 Å². The van der Waals surface area contributed by atoms with E-state index >= 15 is 0 Å². The summed E-state index contributed by atoms with van der Waals surface area (Å²) in [5.41, 5.74) is 1.00.